The van der Waals surface area contributed by atoms with Crippen LogP contribution in [-0.2, 0) is 16.0 Å². The van der Waals surface area contributed by atoms with E-state index in [0.29, 0.717) is 18.9 Å². The summed E-state index contributed by atoms with van der Waals surface area (Å²) in [5.74, 6) is 0.384. The molecule has 1 unspecified atom stereocenters. The van der Waals surface area contributed by atoms with Gasteiger partial charge < -0.3 is 4.74 Å². The molecule has 2 nitrogen and oxygen atoms in total. The highest BCUT2D eigenvalue weighted by molar-refractivity contribution is 9.10. The van der Waals surface area contributed by atoms with Gasteiger partial charge in [0, 0.05) is 5.02 Å². The minimum atomic E-state index is -0.311. The standard InChI is InChI=1S/C17H22BrClO2/c1-2-21-17(20)15(18)10-12-8-9-14(16(19)11-12)13-6-4-3-5-7-13/h8-9,11,13,15H,2-7,10H2,1H3. The highest BCUT2D eigenvalue weighted by Crippen LogP contribution is 2.36. The molecule has 116 valence electrons. The molecule has 0 bridgehead atoms. The van der Waals surface area contributed by atoms with Crippen molar-refractivity contribution in [3.63, 3.8) is 0 Å². The molecule has 0 spiro atoms. The third-order valence-electron chi connectivity index (χ3n) is 4.07. The van der Waals surface area contributed by atoms with Crippen LogP contribution in [0.5, 0.6) is 0 Å². The van der Waals surface area contributed by atoms with Gasteiger partial charge in [0.1, 0.15) is 4.83 Å². The first kappa shape index (κ1) is 16.8. The normalized spacial score (nSPS) is 17.5. The van der Waals surface area contributed by atoms with Crippen molar-refractivity contribution >= 4 is 33.5 Å². The van der Waals surface area contributed by atoms with E-state index in [1.807, 2.05) is 13.0 Å². The van der Waals surface area contributed by atoms with Crippen molar-refractivity contribution in [3.8, 4) is 0 Å². The summed E-state index contributed by atoms with van der Waals surface area (Å²) in [4.78, 5) is 11.3. The SMILES string of the molecule is CCOC(=O)C(Br)Cc1ccc(C2CCCCC2)c(Cl)c1. The van der Waals surface area contributed by atoms with Gasteiger partial charge >= 0.3 is 5.97 Å². The summed E-state index contributed by atoms with van der Waals surface area (Å²) in [6.45, 7) is 2.22. The van der Waals surface area contributed by atoms with Gasteiger partial charge in [-0.25, -0.2) is 0 Å². The second-order valence-corrected chi connectivity index (χ2v) is 7.13. The van der Waals surface area contributed by atoms with E-state index in [4.69, 9.17) is 16.3 Å². The monoisotopic (exact) mass is 372 g/mol. The number of hydrogen-bond donors (Lipinski definition) is 0. The first-order valence-electron chi connectivity index (χ1n) is 7.70. The predicted molar refractivity (Wildman–Crippen MR) is 90.3 cm³/mol. The van der Waals surface area contributed by atoms with E-state index in [2.05, 4.69) is 28.1 Å². The fourth-order valence-corrected chi connectivity index (χ4v) is 3.83. The number of halogens is 2. The fourth-order valence-electron chi connectivity index (χ4n) is 2.97. The van der Waals surface area contributed by atoms with E-state index in [-0.39, 0.29) is 10.8 Å². The summed E-state index contributed by atoms with van der Waals surface area (Å²) in [5.41, 5.74) is 2.33. The van der Waals surface area contributed by atoms with Crippen molar-refractivity contribution in [2.75, 3.05) is 6.61 Å². The lowest BCUT2D eigenvalue weighted by atomic mass is 9.84. The molecule has 0 amide bonds. The Morgan fingerprint density at radius 3 is 2.71 bits per heavy atom. The van der Waals surface area contributed by atoms with Gasteiger partial charge in [-0.3, -0.25) is 4.79 Å². The quantitative estimate of drug-likeness (QED) is 0.520. The third kappa shape index (κ3) is 4.72. The molecule has 0 heterocycles. The van der Waals surface area contributed by atoms with Gasteiger partial charge in [-0.1, -0.05) is 58.9 Å². The van der Waals surface area contributed by atoms with Gasteiger partial charge in [0.25, 0.3) is 0 Å². The second-order valence-electron chi connectivity index (χ2n) is 5.61. The molecule has 0 aliphatic heterocycles. The van der Waals surface area contributed by atoms with Crippen molar-refractivity contribution in [1.29, 1.82) is 0 Å². The van der Waals surface area contributed by atoms with Gasteiger partial charge in [0.15, 0.2) is 0 Å². The number of carbonyl (C=O) groups is 1. The molecule has 21 heavy (non-hydrogen) atoms. The summed E-state index contributed by atoms with van der Waals surface area (Å²) in [6, 6.07) is 6.22. The van der Waals surface area contributed by atoms with Gasteiger partial charge in [0.2, 0.25) is 0 Å². The highest BCUT2D eigenvalue weighted by Gasteiger charge is 2.20. The lowest BCUT2D eigenvalue weighted by molar-refractivity contribution is -0.142. The molecular formula is C17H22BrClO2. The number of carbonyl (C=O) groups excluding carboxylic acids is 1. The van der Waals surface area contributed by atoms with Crippen LogP contribution in [-0.4, -0.2) is 17.4 Å². The topological polar surface area (TPSA) is 26.3 Å². The Labute approximate surface area is 140 Å². The predicted octanol–water partition coefficient (Wildman–Crippen LogP) is 5.26. The number of esters is 1. The van der Waals surface area contributed by atoms with Crippen LogP contribution in [0, 0.1) is 0 Å². The summed E-state index contributed by atoms with van der Waals surface area (Å²) >= 11 is 9.84. The molecule has 4 heteroatoms. The Kier molecular flexibility index (Phi) is 6.56. The number of hydrogen-bond acceptors (Lipinski definition) is 2. The van der Waals surface area contributed by atoms with E-state index >= 15 is 0 Å². The molecule has 1 aliphatic carbocycles. The average Bonchev–Trinajstić information content (AvgIpc) is 2.48. The highest BCUT2D eigenvalue weighted by atomic mass is 79.9. The van der Waals surface area contributed by atoms with Crippen LogP contribution in [0.2, 0.25) is 5.02 Å². The van der Waals surface area contributed by atoms with Crippen LogP contribution < -0.4 is 0 Å². The zero-order chi connectivity index (χ0) is 15.2. The number of rotatable bonds is 5. The van der Waals surface area contributed by atoms with Crippen molar-refractivity contribution in [3.05, 3.63) is 34.3 Å². The summed E-state index contributed by atoms with van der Waals surface area (Å²) in [5, 5.41) is 0.836. The maximum Gasteiger partial charge on any atom is 0.320 e. The Hall–Kier alpha value is -0.540. The summed E-state index contributed by atoms with van der Waals surface area (Å²) in [7, 11) is 0. The molecule has 1 aromatic carbocycles. The lowest BCUT2D eigenvalue weighted by Gasteiger charge is -2.23. The minimum absolute atomic E-state index is 0.218. The molecule has 1 fully saturated rings. The second kappa shape index (κ2) is 8.19. The van der Waals surface area contributed by atoms with Gasteiger partial charge in [-0.05, 0) is 49.3 Å². The van der Waals surface area contributed by atoms with E-state index in [1.54, 1.807) is 0 Å². The Morgan fingerprint density at radius 1 is 1.38 bits per heavy atom. The summed E-state index contributed by atoms with van der Waals surface area (Å²) < 4.78 is 5.01. The fraction of sp³-hybridized carbons (Fsp3) is 0.588. The Morgan fingerprint density at radius 2 is 2.10 bits per heavy atom. The van der Waals surface area contributed by atoms with E-state index in [0.717, 1.165) is 10.6 Å². The molecule has 1 aromatic rings. The molecule has 0 saturated heterocycles. The Bertz CT molecular complexity index is 484. The van der Waals surface area contributed by atoms with E-state index in [9.17, 15) is 4.79 Å². The molecule has 0 N–H and O–H groups in total. The number of alkyl halides is 1. The lowest BCUT2D eigenvalue weighted by Crippen LogP contribution is -2.19. The van der Waals surface area contributed by atoms with Crippen LogP contribution in [0.15, 0.2) is 18.2 Å². The Balaban J connectivity index is 2.03. The smallest absolute Gasteiger partial charge is 0.320 e. The van der Waals surface area contributed by atoms with Crippen LogP contribution in [0.25, 0.3) is 0 Å². The molecular weight excluding hydrogens is 352 g/mol. The maximum absolute atomic E-state index is 11.6. The third-order valence-corrected chi connectivity index (χ3v) is 5.09. The zero-order valence-corrected chi connectivity index (χ0v) is 14.8. The van der Waals surface area contributed by atoms with Gasteiger partial charge in [-0.2, -0.15) is 0 Å². The molecule has 1 saturated carbocycles. The first-order valence-corrected chi connectivity index (χ1v) is 9.00. The first-order chi connectivity index (χ1) is 10.1. The van der Waals surface area contributed by atoms with Crippen LogP contribution in [0.4, 0.5) is 0 Å². The van der Waals surface area contributed by atoms with Crippen molar-refractivity contribution in [2.45, 2.75) is 56.2 Å². The number of ether oxygens (including phenoxy) is 1. The van der Waals surface area contributed by atoms with Gasteiger partial charge in [-0.15, -0.1) is 0 Å². The van der Waals surface area contributed by atoms with Crippen LogP contribution in [0.3, 0.4) is 0 Å². The minimum Gasteiger partial charge on any atom is -0.465 e. The molecule has 1 aliphatic rings. The zero-order valence-electron chi connectivity index (χ0n) is 12.4. The van der Waals surface area contributed by atoms with Crippen LogP contribution >= 0.6 is 27.5 Å². The molecule has 0 radical (unpaired) electrons. The van der Waals surface area contributed by atoms with E-state index in [1.165, 1.54) is 37.7 Å². The maximum atomic E-state index is 11.6. The van der Waals surface area contributed by atoms with Crippen molar-refractivity contribution < 1.29 is 9.53 Å². The molecule has 2 rings (SSSR count). The van der Waals surface area contributed by atoms with Gasteiger partial charge in [0.05, 0.1) is 6.61 Å². The van der Waals surface area contributed by atoms with E-state index < -0.39 is 0 Å². The molecule has 1 atom stereocenters. The average molecular weight is 374 g/mol. The van der Waals surface area contributed by atoms with Crippen LogP contribution in [0.1, 0.15) is 56.1 Å². The van der Waals surface area contributed by atoms with Crippen molar-refractivity contribution in [1.82, 2.24) is 0 Å². The molecule has 0 aromatic heterocycles. The largest absolute Gasteiger partial charge is 0.465 e. The van der Waals surface area contributed by atoms with Crippen molar-refractivity contribution in [2.24, 2.45) is 0 Å². The summed E-state index contributed by atoms with van der Waals surface area (Å²) in [6.07, 6.45) is 7.02. The number of benzene rings is 1.